The van der Waals surface area contributed by atoms with Gasteiger partial charge in [0.05, 0.1) is 6.61 Å². The molecule has 2 aromatic rings. The average molecular weight is 285 g/mol. The molecule has 0 unspecified atom stereocenters. The van der Waals surface area contributed by atoms with E-state index in [1.165, 1.54) is 0 Å². The molecule has 0 aliphatic heterocycles. The van der Waals surface area contributed by atoms with Gasteiger partial charge in [-0.2, -0.15) is 0 Å². The van der Waals surface area contributed by atoms with Crippen molar-refractivity contribution in [1.29, 1.82) is 0 Å². The van der Waals surface area contributed by atoms with Gasteiger partial charge in [0, 0.05) is 0 Å². The van der Waals surface area contributed by atoms with Crippen LogP contribution in [0, 0.1) is 0 Å². The summed E-state index contributed by atoms with van der Waals surface area (Å²) in [5, 5.41) is 0. The second-order valence-corrected chi connectivity index (χ2v) is 5.31. The molecule has 3 heteroatoms. The van der Waals surface area contributed by atoms with E-state index in [4.69, 9.17) is 15.2 Å². The highest BCUT2D eigenvalue weighted by Gasteiger charge is 2.12. The Bertz CT molecular complexity index is 594. The average Bonchev–Trinajstić information content (AvgIpc) is 2.48. The second kappa shape index (κ2) is 7.02. The zero-order valence-corrected chi connectivity index (χ0v) is 12.9. The Labute approximate surface area is 126 Å². The molecule has 0 saturated heterocycles. The lowest BCUT2D eigenvalue weighted by Crippen LogP contribution is -2.01. The summed E-state index contributed by atoms with van der Waals surface area (Å²) in [6, 6.07) is 13.7. The van der Waals surface area contributed by atoms with Gasteiger partial charge in [0.15, 0.2) is 5.75 Å². The van der Waals surface area contributed by atoms with E-state index >= 15 is 0 Å². The minimum Gasteiger partial charge on any atom is -0.491 e. The molecule has 0 aromatic heterocycles. The van der Waals surface area contributed by atoms with Gasteiger partial charge in [-0.15, -0.1) is 0 Å². The standard InChI is InChI=1S/C18H23NO2/c1-4-12-20-16-10-7-11-17(18(16)19)21-15-9-6-5-8-14(15)13(2)3/h5-11,13H,4,12,19H2,1-3H3. The lowest BCUT2D eigenvalue weighted by Gasteiger charge is -2.16. The number of benzene rings is 2. The second-order valence-electron chi connectivity index (χ2n) is 5.31. The van der Waals surface area contributed by atoms with Crippen LogP contribution in [0.25, 0.3) is 0 Å². The lowest BCUT2D eigenvalue weighted by atomic mass is 10.0. The molecule has 0 fully saturated rings. The van der Waals surface area contributed by atoms with Gasteiger partial charge in [0.1, 0.15) is 17.2 Å². The van der Waals surface area contributed by atoms with Crippen LogP contribution in [0.4, 0.5) is 5.69 Å². The molecule has 0 radical (unpaired) electrons. The van der Waals surface area contributed by atoms with Gasteiger partial charge < -0.3 is 15.2 Å². The molecule has 0 bridgehead atoms. The molecule has 0 saturated carbocycles. The van der Waals surface area contributed by atoms with E-state index in [0.717, 1.165) is 17.7 Å². The summed E-state index contributed by atoms with van der Waals surface area (Å²) in [4.78, 5) is 0. The zero-order valence-electron chi connectivity index (χ0n) is 12.9. The maximum atomic E-state index is 6.15. The van der Waals surface area contributed by atoms with Crippen molar-refractivity contribution < 1.29 is 9.47 Å². The van der Waals surface area contributed by atoms with Crippen LogP contribution in [0.1, 0.15) is 38.7 Å². The fourth-order valence-electron chi connectivity index (χ4n) is 2.12. The van der Waals surface area contributed by atoms with Gasteiger partial charge in [-0.25, -0.2) is 0 Å². The van der Waals surface area contributed by atoms with E-state index in [-0.39, 0.29) is 0 Å². The van der Waals surface area contributed by atoms with Gasteiger partial charge in [-0.1, -0.05) is 45.0 Å². The van der Waals surface area contributed by atoms with Crippen LogP contribution >= 0.6 is 0 Å². The summed E-state index contributed by atoms with van der Waals surface area (Å²) in [5.74, 6) is 2.54. The van der Waals surface area contributed by atoms with Crippen LogP contribution in [-0.4, -0.2) is 6.61 Å². The number of hydrogen-bond acceptors (Lipinski definition) is 3. The maximum absolute atomic E-state index is 6.15. The molecule has 2 aromatic carbocycles. The van der Waals surface area contributed by atoms with Crippen molar-refractivity contribution in [3.05, 3.63) is 48.0 Å². The van der Waals surface area contributed by atoms with Crippen LogP contribution in [0.3, 0.4) is 0 Å². The van der Waals surface area contributed by atoms with Crippen LogP contribution in [0.5, 0.6) is 17.2 Å². The molecule has 0 spiro atoms. The fourth-order valence-corrected chi connectivity index (χ4v) is 2.12. The maximum Gasteiger partial charge on any atom is 0.154 e. The molecule has 3 nitrogen and oxygen atoms in total. The van der Waals surface area contributed by atoms with Crippen molar-refractivity contribution in [3.8, 4) is 17.2 Å². The Kier molecular flexibility index (Phi) is 5.09. The molecular formula is C18H23NO2. The summed E-state index contributed by atoms with van der Waals surface area (Å²) < 4.78 is 11.7. The molecule has 21 heavy (non-hydrogen) atoms. The van der Waals surface area contributed by atoms with Gasteiger partial charge in [0.25, 0.3) is 0 Å². The van der Waals surface area contributed by atoms with Crippen LogP contribution in [-0.2, 0) is 0 Å². The quantitative estimate of drug-likeness (QED) is 0.762. The smallest absolute Gasteiger partial charge is 0.154 e. The minimum absolute atomic E-state index is 0.391. The SMILES string of the molecule is CCCOc1cccc(Oc2ccccc2C(C)C)c1N. The summed E-state index contributed by atoms with van der Waals surface area (Å²) in [7, 11) is 0. The molecule has 2 N–H and O–H groups in total. The summed E-state index contributed by atoms with van der Waals surface area (Å²) in [5.41, 5.74) is 7.86. The molecule has 2 rings (SSSR count). The van der Waals surface area contributed by atoms with Crippen molar-refractivity contribution in [1.82, 2.24) is 0 Å². The molecule has 0 atom stereocenters. The van der Waals surface area contributed by atoms with E-state index in [1.807, 2.05) is 36.4 Å². The van der Waals surface area contributed by atoms with E-state index in [0.29, 0.717) is 29.7 Å². The Hall–Kier alpha value is -2.16. The largest absolute Gasteiger partial charge is 0.491 e. The van der Waals surface area contributed by atoms with Crippen molar-refractivity contribution >= 4 is 5.69 Å². The Balaban J connectivity index is 2.28. The van der Waals surface area contributed by atoms with Gasteiger partial charge in [-0.3, -0.25) is 0 Å². The summed E-state index contributed by atoms with van der Waals surface area (Å²) in [6.07, 6.45) is 0.945. The topological polar surface area (TPSA) is 44.5 Å². The molecule has 0 heterocycles. The number of rotatable bonds is 6. The highest BCUT2D eigenvalue weighted by molar-refractivity contribution is 5.63. The predicted molar refractivity (Wildman–Crippen MR) is 87.2 cm³/mol. The third-order valence-electron chi connectivity index (χ3n) is 3.25. The van der Waals surface area contributed by atoms with E-state index in [2.05, 4.69) is 26.8 Å². The number of anilines is 1. The third-order valence-corrected chi connectivity index (χ3v) is 3.25. The van der Waals surface area contributed by atoms with Gasteiger partial charge >= 0.3 is 0 Å². The molecular weight excluding hydrogens is 262 g/mol. The first-order valence-corrected chi connectivity index (χ1v) is 7.41. The third kappa shape index (κ3) is 3.69. The number of hydrogen-bond donors (Lipinski definition) is 1. The first kappa shape index (κ1) is 15.2. The normalized spacial score (nSPS) is 10.7. The van der Waals surface area contributed by atoms with E-state index in [9.17, 15) is 0 Å². The van der Waals surface area contributed by atoms with E-state index < -0.39 is 0 Å². The van der Waals surface area contributed by atoms with Gasteiger partial charge in [0.2, 0.25) is 0 Å². The van der Waals surface area contributed by atoms with Crippen LogP contribution in [0.15, 0.2) is 42.5 Å². The first-order valence-electron chi connectivity index (χ1n) is 7.41. The Morgan fingerprint density at radius 2 is 1.62 bits per heavy atom. The van der Waals surface area contributed by atoms with Crippen molar-refractivity contribution in [2.45, 2.75) is 33.1 Å². The Morgan fingerprint density at radius 1 is 0.952 bits per heavy atom. The first-order chi connectivity index (χ1) is 10.1. The Morgan fingerprint density at radius 3 is 2.33 bits per heavy atom. The number of nitrogen functional groups attached to an aromatic ring is 1. The zero-order chi connectivity index (χ0) is 15.2. The number of ether oxygens (including phenoxy) is 2. The van der Waals surface area contributed by atoms with Crippen molar-refractivity contribution in [2.75, 3.05) is 12.3 Å². The fraction of sp³-hybridized carbons (Fsp3) is 0.333. The lowest BCUT2D eigenvalue weighted by molar-refractivity contribution is 0.318. The van der Waals surface area contributed by atoms with Crippen LogP contribution < -0.4 is 15.2 Å². The molecule has 112 valence electrons. The molecule has 0 aliphatic rings. The molecule has 0 amide bonds. The van der Waals surface area contributed by atoms with Crippen LogP contribution in [0.2, 0.25) is 0 Å². The highest BCUT2D eigenvalue weighted by atomic mass is 16.5. The minimum atomic E-state index is 0.391. The number of para-hydroxylation sites is 2. The highest BCUT2D eigenvalue weighted by Crippen LogP contribution is 2.37. The summed E-state index contributed by atoms with van der Waals surface area (Å²) in [6.45, 7) is 7.00. The van der Waals surface area contributed by atoms with Crippen molar-refractivity contribution in [2.24, 2.45) is 0 Å². The summed E-state index contributed by atoms with van der Waals surface area (Å²) >= 11 is 0. The van der Waals surface area contributed by atoms with E-state index in [1.54, 1.807) is 0 Å². The monoisotopic (exact) mass is 285 g/mol. The predicted octanol–water partition coefficient (Wildman–Crippen LogP) is 4.97. The van der Waals surface area contributed by atoms with Crippen molar-refractivity contribution in [3.63, 3.8) is 0 Å². The van der Waals surface area contributed by atoms with Gasteiger partial charge in [-0.05, 0) is 36.1 Å². The molecule has 0 aliphatic carbocycles. The number of nitrogens with two attached hydrogens (primary N) is 1.